The number of nitrogens with zero attached hydrogens (tertiary/aromatic N) is 1. The van der Waals surface area contributed by atoms with Gasteiger partial charge in [-0.25, -0.2) is 8.42 Å². The Bertz CT molecular complexity index is 691. The minimum absolute atomic E-state index is 0.0161. The van der Waals surface area contributed by atoms with E-state index in [0.29, 0.717) is 25.9 Å². The van der Waals surface area contributed by atoms with Crippen LogP contribution in [-0.2, 0) is 19.4 Å². The molecule has 2 amide bonds. The molecule has 0 aromatic heterocycles. The number of amides is 2. The number of hydrogen-bond donors (Lipinski definition) is 2. The molecular formula is C19H33N3O4S. The molecule has 0 radical (unpaired) electrons. The number of nitrogens with two attached hydrogens (primary N) is 1. The van der Waals surface area contributed by atoms with Gasteiger partial charge in [-0.15, -0.1) is 0 Å². The first kappa shape index (κ1) is 20.6. The van der Waals surface area contributed by atoms with Gasteiger partial charge in [0, 0.05) is 37.0 Å². The molecule has 3 N–H and O–H groups in total. The van der Waals surface area contributed by atoms with Gasteiger partial charge in [0.2, 0.25) is 11.8 Å². The highest BCUT2D eigenvalue weighted by Gasteiger charge is 2.42. The van der Waals surface area contributed by atoms with Crippen molar-refractivity contribution < 1.29 is 18.0 Å². The first-order chi connectivity index (χ1) is 12.6. The molecule has 2 aliphatic heterocycles. The molecule has 4 unspecified atom stereocenters. The van der Waals surface area contributed by atoms with Crippen LogP contribution in [0.25, 0.3) is 0 Å². The zero-order chi connectivity index (χ0) is 19.8. The highest BCUT2D eigenvalue weighted by Crippen LogP contribution is 2.35. The van der Waals surface area contributed by atoms with Crippen molar-refractivity contribution in [1.29, 1.82) is 0 Å². The average Bonchev–Trinajstić information content (AvgIpc) is 2.95. The maximum absolute atomic E-state index is 13.2. The number of carbonyl (C=O) groups is 2. The van der Waals surface area contributed by atoms with E-state index in [0.717, 1.165) is 25.7 Å². The zero-order valence-electron chi connectivity index (χ0n) is 16.4. The van der Waals surface area contributed by atoms with Gasteiger partial charge in [0.1, 0.15) is 0 Å². The average molecular weight is 400 g/mol. The zero-order valence-corrected chi connectivity index (χ0v) is 17.3. The van der Waals surface area contributed by atoms with Gasteiger partial charge in [-0.3, -0.25) is 9.59 Å². The molecule has 1 saturated carbocycles. The molecule has 1 aliphatic carbocycles. The Morgan fingerprint density at radius 2 is 1.74 bits per heavy atom. The third kappa shape index (κ3) is 4.65. The Morgan fingerprint density at radius 3 is 2.33 bits per heavy atom. The van der Waals surface area contributed by atoms with Crippen molar-refractivity contribution in [2.24, 2.45) is 23.0 Å². The lowest BCUT2D eigenvalue weighted by Gasteiger charge is -2.44. The summed E-state index contributed by atoms with van der Waals surface area (Å²) in [6.45, 7) is 5.44. The van der Waals surface area contributed by atoms with Gasteiger partial charge in [-0.1, -0.05) is 26.7 Å². The molecule has 3 rings (SSSR count). The lowest BCUT2D eigenvalue weighted by atomic mass is 9.75. The van der Waals surface area contributed by atoms with E-state index in [1.54, 1.807) is 0 Å². The minimum atomic E-state index is -3.04. The van der Waals surface area contributed by atoms with E-state index in [-0.39, 0.29) is 52.7 Å². The van der Waals surface area contributed by atoms with E-state index in [1.165, 1.54) is 0 Å². The minimum Gasteiger partial charge on any atom is -0.352 e. The van der Waals surface area contributed by atoms with Crippen LogP contribution in [0.5, 0.6) is 0 Å². The van der Waals surface area contributed by atoms with Gasteiger partial charge in [-0.05, 0) is 31.1 Å². The second-order valence-electron chi connectivity index (χ2n) is 9.25. The van der Waals surface area contributed by atoms with Crippen LogP contribution < -0.4 is 11.1 Å². The molecule has 0 bridgehead atoms. The summed E-state index contributed by atoms with van der Waals surface area (Å²) in [4.78, 5) is 27.9. The Kier molecular flexibility index (Phi) is 5.87. The Balaban J connectivity index is 1.66. The molecule has 4 atom stereocenters. The number of sulfone groups is 1. The molecule has 8 heteroatoms. The van der Waals surface area contributed by atoms with Crippen LogP contribution in [0, 0.1) is 17.3 Å². The monoisotopic (exact) mass is 399 g/mol. The predicted octanol–water partition coefficient (Wildman–Crippen LogP) is 0.682. The Labute approximate surface area is 162 Å². The van der Waals surface area contributed by atoms with E-state index < -0.39 is 9.84 Å². The smallest absolute Gasteiger partial charge is 0.226 e. The Hall–Kier alpha value is -1.15. The molecule has 2 saturated heterocycles. The third-order valence-electron chi connectivity index (χ3n) is 6.62. The summed E-state index contributed by atoms with van der Waals surface area (Å²) in [7, 11) is -3.04. The fourth-order valence-corrected chi connectivity index (χ4v) is 6.43. The van der Waals surface area contributed by atoms with Crippen molar-refractivity contribution >= 4 is 21.7 Å². The van der Waals surface area contributed by atoms with E-state index in [4.69, 9.17) is 5.73 Å². The highest BCUT2D eigenvalue weighted by atomic mass is 32.2. The second kappa shape index (κ2) is 7.70. The molecule has 3 fully saturated rings. The first-order valence-electron chi connectivity index (χ1n) is 10.1. The standard InChI is InChI=1S/C19H33N3O4S/c1-19(2)12-22(9-7-16(19)20)18(24)15-6-4-3-5-14(15)17(23)21-13-8-10-27(25,26)11-13/h13-16H,3-12,20H2,1-2H3,(H,21,23). The highest BCUT2D eigenvalue weighted by molar-refractivity contribution is 7.91. The fourth-order valence-electron chi connectivity index (χ4n) is 4.75. The van der Waals surface area contributed by atoms with Crippen LogP contribution in [0.3, 0.4) is 0 Å². The van der Waals surface area contributed by atoms with Crippen LogP contribution in [0.4, 0.5) is 0 Å². The van der Waals surface area contributed by atoms with Crippen molar-refractivity contribution in [2.75, 3.05) is 24.6 Å². The molecule has 0 aromatic rings. The van der Waals surface area contributed by atoms with E-state index in [1.807, 2.05) is 4.90 Å². The lowest BCUT2D eigenvalue weighted by Crippen LogP contribution is -2.56. The summed E-state index contributed by atoms with van der Waals surface area (Å²) in [5.74, 6) is -0.594. The number of rotatable bonds is 3. The van der Waals surface area contributed by atoms with E-state index in [9.17, 15) is 18.0 Å². The van der Waals surface area contributed by atoms with Crippen LogP contribution in [0.15, 0.2) is 0 Å². The molecule has 0 aromatic carbocycles. The molecule has 27 heavy (non-hydrogen) atoms. The second-order valence-corrected chi connectivity index (χ2v) is 11.5. The summed E-state index contributed by atoms with van der Waals surface area (Å²) in [6, 6.07) is -0.233. The van der Waals surface area contributed by atoms with Crippen molar-refractivity contribution in [2.45, 2.75) is 64.5 Å². The first-order valence-corrected chi connectivity index (χ1v) is 12.0. The number of nitrogens with one attached hydrogen (secondary N) is 1. The van der Waals surface area contributed by atoms with Gasteiger partial charge in [0.25, 0.3) is 0 Å². The van der Waals surface area contributed by atoms with Crippen molar-refractivity contribution in [3.8, 4) is 0 Å². The number of carbonyl (C=O) groups excluding carboxylic acids is 2. The molecule has 2 heterocycles. The van der Waals surface area contributed by atoms with Crippen molar-refractivity contribution in [3.05, 3.63) is 0 Å². The van der Waals surface area contributed by atoms with Crippen LogP contribution in [0.1, 0.15) is 52.4 Å². The van der Waals surface area contributed by atoms with Gasteiger partial charge in [0.15, 0.2) is 9.84 Å². The predicted molar refractivity (Wildman–Crippen MR) is 104 cm³/mol. The summed E-state index contributed by atoms with van der Waals surface area (Å²) in [6.07, 6.45) is 4.55. The molecule has 3 aliphatic rings. The summed E-state index contributed by atoms with van der Waals surface area (Å²) in [5, 5.41) is 2.91. The molecule has 0 spiro atoms. The largest absolute Gasteiger partial charge is 0.352 e. The van der Waals surface area contributed by atoms with Crippen molar-refractivity contribution in [1.82, 2.24) is 10.2 Å². The summed E-state index contributed by atoms with van der Waals surface area (Å²) >= 11 is 0. The maximum Gasteiger partial charge on any atom is 0.226 e. The maximum atomic E-state index is 13.2. The van der Waals surface area contributed by atoms with Gasteiger partial charge < -0.3 is 16.0 Å². The molecular weight excluding hydrogens is 366 g/mol. The van der Waals surface area contributed by atoms with E-state index >= 15 is 0 Å². The lowest BCUT2D eigenvalue weighted by molar-refractivity contribution is -0.146. The SMILES string of the molecule is CC1(C)CN(C(=O)C2CCCCC2C(=O)NC2CCS(=O)(=O)C2)CCC1N. The fraction of sp³-hybridized carbons (Fsp3) is 0.895. The quantitative estimate of drug-likeness (QED) is 0.725. The number of likely N-dealkylation sites (tertiary alicyclic amines) is 1. The summed E-state index contributed by atoms with van der Waals surface area (Å²) in [5.41, 5.74) is 6.06. The topological polar surface area (TPSA) is 110 Å². The van der Waals surface area contributed by atoms with Crippen molar-refractivity contribution in [3.63, 3.8) is 0 Å². The Morgan fingerprint density at radius 1 is 1.07 bits per heavy atom. The van der Waals surface area contributed by atoms with Gasteiger partial charge in [-0.2, -0.15) is 0 Å². The van der Waals surface area contributed by atoms with Gasteiger partial charge in [0.05, 0.1) is 11.5 Å². The van der Waals surface area contributed by atoms with Crippen LogP contribution >= 0.6 is 0 Å². The number of hydrogen-bond acceptors (Lipinski definition) is 5. The molecule has 154 valence electrons. The molecule has 7 nitrogen and oxygen atoms in total. The van der Waals surface area contributed by atoms with Gasteiger partial charge >= 0.3 is 0 Å². The summed E-state index contributed by atoms with van der Waals surface area (Å²) < 4.78 is 23.3. The van der Waals surface area contributed by atoms with Crippen LogP contribution in [-0.4, -0.2) is 61.8 Å². The normalized spacial score (nSPS) is 35.6. The number of piperidine rings is 1. The third-order valence-corrected chi connectivity index (χ3v) is 8.39. The van der Waals surface area contributed by atoms with E-state index in [2.05, 4.69) is 19.2 Å². The van der Waals surface area contributed by atoms with Crippen LogP contribution in [0.2, 0.25) is 0 Å².